The molecular formula is C24H25N3O4. The van der Waals surface area contributed by atoms with Crippen molar-refractivity contribution in [1.82, 2.24) is 14.5 Å². The first-order valence-corrected chi connectivity index (χ1v) is 10.6. The van der Waals surface area contributed by atoms with Crippen LogP contribution in [0.3, 0.4) is 0 Å². The van der Waals surface area contributed by atoms with Crippen LogP contribution in [0.4, 0.5) is 0 Å². The second-order valence-corrected chi connectivity index (χ2v) is 7.68. The number of fused-ring (bicyclic) bond motifs is 1. The molecule has 0 unspecified atom stereocenters. The average Bonchev–Trinajstić information content (AvgIpc) is 3.33. The number of rotatable bonds is 5. The topological polar surface area (TPSA) is 81.5 Å². The molecule has 2 aromatic carbocycles. The summed E-state index contributed by atoms with van der Waals surface area (Å²) in [5.74, 6) is -0.802. The summed E-state index contributed by atoms with van der Waals surface area (Å²) in [7, 11) is 0. The van der Waals surface area contributed by atoms with Gasteiger partial charge in [-0.3, -0.25) is 9.59 Å². The van der Waals surface area contributed by atoms with Gasteiger partial charge in [-0.15, -0.1) is 0 Å². The number of carbonyl (C=O) groups is 2. The minimum atomic E-state index is -0.998. The smallest absolute Gasteiger partial charge is 0.339 e. The number of hydrogen-bond acceptors (Lipinski definition) is 5. The summed E-state index contributed by atoms with van der Waals surface area (Å²) in [6.07, 6.45) is 0.910. The number of carbonyl (C=O) groups excluding carboxylic acids is 2. The van der Waals surface area contributed by atoms with Crippen LogP contribution in [0.1, 0.15) is 47.5 Å². The fourth-order valence-corrected chi connectivity index (χ4v) is 3.98. The maximum absolute atomic E-state index is 13.1. The number of aromatic nitrogens is 2. The van der Waals surface area contributed by atoms with Crippen molar-refractivity contribution in [3.63, 3.8) is 0 Å². The van der Waals surface area contributed by atoms with E-state index < -0.39 is 12.1 Å². The van der Waals surface area contributed by atoms with Crippen LogP contribution in [-0.2, 0) is 16.1 Å². The molecule has 0 N–H and O–H groups in total. The second-order valence-electron chi connectivity index (χ2n) is 7.68. The molecule has 0 saturated carbocycles. The van der Waals surface area contributed by atoms with Gasteiger partial charge in [0.1, 0.15) is 5.69 Å². The van der Waals surface area contributed by atoms with E-state index >= 15 is 0 Å². The van der Waals surface area contributed by atoms with E-state index in [-0.39, 0.29) is 17.0 Å². The lowest BCUT2D eigenvalue weighted by molar-refractivity contribution is -0.140. The summed E-state index contributed by atoms with van der Waals surface area (Å²) in [6.45, 7) is 5.39. The third-order valence-corrected chi connectivity index (χ3v) is 5.63. The summed E-state index contributed by atoms with van der Waals surface area (Å²) in [5.41, 5.74) is 2.34. The summed E-state index contributed by atoms with van der Waals surface area (Å²) >= 11 is 0. The van der Waals surface area contributed by atoms with Gasteiger partial charge in [-0.25, -0.2) is 9.78 Å². The average molecular weight is 419 g/mol. The van der Waals surface area contributed by atoms with Gasteiger partial charge in [-0.2, -0.15) is 0 Å². The van der Waals surface area contributed by atoms with E-state index in [1.807, 2.05) is 25.1 Å². The van der Waals surface area contributed by atoms with Gasteiger partial charge in [0.05, 0.1) is 16.6 Å². The molecule has 7 nitrogen and oxygen atoms in total. The van der Waals surface area contributed by atoms with Gasteiger partial charge in [-0.1, -0.05) is 30.3 Å². The van der Waals surface area contributed by atoms with Crippen LogP contribution in [0, 0.1) is 6.92 Å². The van der Waals surface area contributed by atoms with Crippen LogP contribution in [-0.4, -0.2) is 39.4 Å². The maximum Gasteiger partial charge on any atom is 0.339 e. The highest BCUT2D eigenvalue weighted by Crippen LogP contribution is 2.25. The molecule has 0 spiro atoms. The number of likely N-dealkylation sites (tertiary alicyclic amines) is 1. The third-order valence-electron chi connectivity index (χ3n) is 5.63. The molecule has 0 aliphatic carbocycles. The van der Waals surface area contributed by atoms with Crippen LogP contribution in [0.25, 0.3) is 11.0 Å². The predicted molar refractivity (Wildman–Crippen MR) is 117 cm³/mol. The first-order valence-electron chi connectivity index (χ1n) is 10.6. The van der Waals surface area contributed by atoms with Gasteiger partial charge < -0.3 is 14.2 Å². The molecule has 7 heteroatoms. The highest BCUT2D eigenvalue weighted by molar-refractivity contribution is 5.95. The Morgan fingerprint density at radius 1 is 1.10 bits per heavy atom. The number of ether oxygens (including phenoxy) is 1. The van der Waals surface area contributed by atoms with Crippen molar-refractivity contribution in [2.45, 2.75) is 39.3 Å². The van der Waals surface area contributed by atoms with Crippen LogP contribution in [0.2, 0.25) is 0 Å². The van der Waals surface area contributed by atoms with Gasteiger partial charge in [-0.05, 0) is 44.9 Å². The van der Waals surface area contributed by atoms with Crippen molar-refractivity contribution in [3.05, 3.63) is 75.7 Å². The Morgan fingerprint density at radius 3 is 2.48 bits per heavy atom. The number of benzene rings is 2. The lowest BCUT2D eigenvalue weighted by Gasteiger charge is -2.23. The molecule has 1 saturated heterocycles. The van der Waals surface area contributed by atoms with Crippen molar-refractivity contribution < 1.29 is 14.3 Å². The molecule has 1 aliphatic rings. The molecule has 3 aromatic rings. The molecular weight excluding hydrogens is 394 g/mol. The Labute approximate surface area is 180 Å². The van der Waals surface area contributed by atoms with Gasteiger partial charge in [0, 0.05) is 25.2 Å². The maximum atomic E-state index is 13.1. The molecule has 31 heavy (non-hydrogen) atoms. The zero-order valence-corrected chi connectivity index (χ0v) is 17.7. The van der Waals surface area contributed by atoms with Crippen LogP contribution in [0.5, 0.6) is 0 Å². The van der Waals surface area contributed by atoms with E-state index in [1.165, 1.54) is 0 Å². The van der Waals surface area contributed by atoms with Gasteiger partial charge in [0.25, 0.3) is 11.5 Å². The third kappa shape index (κ3) is 4.08. The largest absolute Gasteiger partial charge is 0.444 e. The highest BCUT2D eigenvalue weighted by Gasteiger charge is 2.31. The first-order chi connectivity index (χ1) is 15.0. The van der Waals surface area contributed by atoms with E-state index in [2.05, 4.69) is 4.98 Å². The summed E-state index contributed by atoms with van der Waals surface area (Å²) in [4.78, 5) is 44.5. The fraction of sp³-hybridized carbons (Fsp3) is 0.333. The van der Waals surface area contributed by atoms with Gasteiger partial charge >= 0.3 is 5.97 Å². The monoisotopic (exact) mass is 419 g/mol. The zero-order chi connectivity index (χ0) is 22.0. The minimum absolute atomic E-state index is 0.148. The Morgan fingerprint density at radius 2 is 1.81 bits per heavy atom. The molecule has 4 rings (SSSR count). The number of amides is 1. The zero-order valence-electron chi connectivity index (χ0n) is 17.7. The standard InChI is InChI=1S/C24H25N3O4/c1-3-27-20-12-11-18(15-19(20)25-16(2)22(27)28)24(30)31-21(17-9-5-4-6-10-17)23(29)26-13-7-8-14-26/h4-6,9-12,15,21H,3,7-8,13-14H2,1-2H3/t21-/m1/s1. The molecule has 1 atom stereocenters. The minimum Gasteiger partial charge on any atom is -0.444 e. The molecule has 160 valence electrons. The molecule has 0 bridgehead atoms. The van der Waals surface area contributed by atoms with E-state index in [9.17, 15) is 14.4 Å². The van der Waals surface area contributed by atoms with Crippen LogP contribution in [0.15, 0.2) is 53.3 Å². The van der Waals surface area contributed by atoms with Crippen LogP contribution >= 0.6 is 0 Å². The molecule has 1 aromatic heterocycles. The first kappa shape index (κ1) is 20.8. The quantitative estimate of drug-likeness (QED) is 0.593. The number of aryl methyl sites for hydroxylation is 2. The van der Waals surface area contributed by atoms with Gasteiger partial charge in [0.2, 0.25) is 6.10 Å². The van der Waals surface area contributed by atoms with Crippen molar-refractivity contribution in [2.75, 3.05) is 13.1 Å². The van der Waals surface area contributed by atoms with E-state index in [0.717, 1.165) is 12.8 Å². The van der Waals surface area contributed by atoms with E-state index in [1.54, 1.807) is 46.7 Å². The number of nitrogens with zero attached hydrogens (tertiary/aromatic N) is 3. The van der Waals surface area contributed by atoms with E-state index in [0.29, 0.717) is 41.9 Å². The summed E-state index contributed by atoms with van der Waals surface area (Å²) in [5, 5.41) is 0. The van der Waals surface area contributed by atoms with Crippen LogP contribution < -0.4 is 5.56 Å². The highest BCUT2D eigenvalue weighted by atomic mass is 16.5. The van der Waals surface area contributed by atoms with Crippen molar-refractivity contribution in [1.29, 1.82) is 0 Å². The lowest BCUT2D eigenvalue weighted by atomic mass is 10.1. The van der Waals surface area contributed by atoms with E-state index in [4.69, 9.17) is 4.74 Å². The Bertz CT molecular complexity index is 1180. The summed E-state index contributed by atoms with van der Waals surface area (Å²) in [6, 6.07) is 14.0. The lowest BCUT2D eigenvalue weighted by Crippen LogP contribution is -2.34. The van der Waals surface area contributed by atoms with Crippen molar-refractivity contribution >= 4 is 22.9 Å². The number of hydrogen-bond donors (Lipinski definition) is 0. The molecule has 1 amide bonds. The normalized spacial score (nSPS) is 14.6. The second kappa shape index (κ2) is 8.71. The molecule has 1 fully saturated rings. The number of esters is 1. The Kier molecular flexibility index (Phi) is 5.84. The predicted octanol–water partition coefficient (Wildman–Crippen LogP) is 3.25. The van der Waals surface area contributed by atoms with Crippen molar-refractivity contribution in [2.24, 2.45) is 0 Å². The molecule has 0 radical (unpaired) electrons. The van der Waals surface area contributed by atoms with Gasteiger partial charge in [0.15, 0.2) is 0 Å². The van der Waals surface area contributed by atoms with Crippen molar-refractivity contribution in [3.8, 4) is 0 Å². The molecule has 2 heterocycles. The SMILES string of the molecule is CCn1c(=O)c(C)nc2cc(C(=O)O[C@@H](C(=O)N3CCCC3)c3ccccc3)ccc21. The Hall–Kier alpha value is -3.48. The Balaban J connectivity index is 1.67. The summed E-state index contributed by atoms with van der Waals surface area (Å²) < 4.78 is 7.35. The fourth-order valence-electron chi connectivity index (χ4n) is 3.98. The molecule has 1 aliphatic heterocycles.